The van der Waals surface area contributed by atoms with Crippen molar-refractivity contribution in [2.75, 3.05) is 47.5 Å². The van der Waals surface area contributed by atoms with Crippen molar-refractivity contribution in [3.05, 3.63) is 97.2 Å². The zero-order valence-corrected chi connectivity index (χ0v) is 60.5. The molecule has 0 aromatic carbocycles. The maximum atomic E-state index is 12.9. The molecule has 0 saturated heterocycles. The van der Waals surface area contributed by atoms with E-state index >= 15 is 0 Å². The highest BCUT2D eigenvalue weighted by Gasteiger charge is 2.27. The van der Waals surface area contributed by atoms with E-state index in [2.05, 4.69) is 111 Å². The predicted octanol–water partition coefficient (Wildman–Crippen LogP) is 25.1. The van der Waals surface area contributed by atoms with Crippen molar-refractivity contribution in [3.63, 3.8) is 0 Å². The molecule has 0 rings (SSSR count). The fraction of sp³-hybridized carbons (Fsp3) is 0.775. The van der Waals surface area contributed by atoms with Crippen LogP contribution in [0.4, 0.5) is 0 Å². The number of hydrogen-bond donors (Lipinski definition) is 1. The molecule has 0 aliphatic rings. The van der Waals surface area contributed by atoms with Gasteiger partial charge in [0, 0.05) is 12.8 Å². The molecule has 0 aromatic rings. The van der Waals surface area contributed by atoms with Crippen molar-refractivity contribution >= 4 is 19.8 Å². The zero-order valence-electron chi connectivity index (χ0n) is 59.6. The van der Waals surface area contributed by atoms with Crippen LogP contribution in [0.25, 0.3) is 0 Å². The molecule has 0 spiro atoms. The molecular weight excluding hydrogens is 1130 g/mol. The van der Waals surface area contributed by atoms with Gasteiger partial charge in [-0.05, 0) is 89.9 Å². The van der Waals surface area contributed by atoms with Crippen molar-refractivity contribution in [1.82, 2.24) is 0 Å². The Hall–Kier alpha value is -3.07. The lowest BCUT2D eigenvalue weighted by atomic mass is 10.0. The predicted molar refractivity (Wildman–Crippen MR) is 390 cm³/mol. The van der Waals surface area contributed by atoms with Crippen LogP contribution in [0.5, 0.6) is 0 Å². The fourth-order valence-electron chi connectivity index (χ4n) is 10.9. The summed E-state index contributed by atoms with van der Waals surface area (Å²) in [7, 11) is 1.49. The van der Waals surface area contributed by atoms with Crippen molar-refractivity contribution < 1.29 is 42.1 Å². The molecule has 10 heteroatoms. The topological polar surface area (TPSA) is 108 Å². The molecule has 90 heavy (non-hydrogen) atoms. The SMILES string of the molecule is CC/C=C\C/C=C\C/C=C\C/C=C\CCCCCCCCCCCCCCCCCCCCCCCCC(=O)OC(COC(=O)CCCCCCCCCCCCCCCCCCCC/C=C\C/C=C\C/C=C\C/C=C\CC)COP(=O)(O)OCC[N+](C)(C)C. The third kappa shape index (κ3) is 74.0. The number of carbonyl (C=O) groups is 2. The number of quaternary nitrogens is 1. The van der Waals surface area contributed by atoms with Gasteiger partial charge in [0.05, 0.1) is 27.7 Å². The number of allylic oxidation sites excluding steroid dienone is 16. The van der Waals surface area contributed by atoms with Gasteiger partial charge in [-0.3, -0.25) is 18.6 Å². The molecule has 0 radical (unpaired) electrons. The van der Waals surface area contributed by atoms with Gasteiger partial charge in [0.25, 0.3) is 0 Å². The molecule has 0 aliphatic carbocycles. The molecule has 1 N–H and O–H groups in total. The smallest absolute Gasteiger partial charge is 0.462 e. The molecule has 0 heterocycles. The number of ether oxygens (including phenoxy) is 2. The second-order valence-electron chi connectivity index (χ2n) is 26.6. The summed E-state index contributed by atoms with van der Waals surface area (Å²) in [6, 6.07) is 0. The Morgan fingerprint density at radius 2 is 0.600 bits per heavy atom. The monoisotopic (exact) mass is 1280 g/mol. The van der Waals surface area contributed by atoms with Crippen molar-refractivity contribution in [1.29, 1.82) is 0 Å². The highest BCUT2D eigenvalue weighted by Crippen LogP contribution is 2.43. The molecule has 0 saturated carbocycles. The summed E-state index contributed by atoms with van der Waals surface area (Å²) in [5, 5.41) is 0. The number of rotatable bonds is 70. The minimum Gasteiger partial charge on any atom is -0.462 e. The number of nitrogens with zero attached hydrogens (tertiary/aromatic N) is 1. The van der Waals surface area contributed by atoms with E-state index in [0.29, 0.717) is 17.4 Å². The summed E-state index contributed by atoms with van der Waals surface area (Å²) >= 11 is 0. The van der Waals surface area contributed by atoms with E-state index in [0.717, 1.165) is 83.5 Å². The standard InChI is InChI=1S/C80H144NO8P/c1-6-8-10-12-14-16-18-20-22-24-26-28-30-32-34-36-38-39-40-41-43-45-47-49-51-53-55-57-59-61-63-65-67-69-71-73-80(83)89-78(77-88-90(84,85)87-75-74-81(3,4)5)76-86-79(82)72-70-68-66-64-62-60-58-56-54-52-50-48-46-44-42-37-35-33-31-29-27-25-23-21-19-17-15-13-11-9-7-2/h8-11,14-17,20-23,26-29,78H,6-7,12-13,18-19,24-25,30-77H2,1-5H3/p+1/b10-8-,11-9-,16-14-,17-15-,22-20-,23-21-,28-26-,29-27-. The molecule has 0 aliphatic heterocycles. The number of esters is 2. The van der Waals surface area contributed by atoms with Gasteiger partial charge in [0.2, 0.25) is 0 Å². The van der Waals surface area contributed by atoms with Crippen molar-refractivity contribution in [2.24, 2.45) is 0 Å². The Morgan fingerprint density at radius 3 is 0.889 bits per heavy atom. The summed E-state index contributed by atoms with van der Waals surface area (Å²) in [5.74, 6) is -0.781. The maximum absolute atomic E-state index is 12.9. The molecule has 0 bridgehead atoms. The minimum absolute atomic E-state index is 0.0317. The number of likely N-dealkylation sites (N-methyl/N-ethyl adjacent to an activating group) is 1. The van der Waals surface area contributed by atoms with Crippen LogP contribution in [-0.4, -0.2) is 74.9 Å². The summed E-state index contributed by atoms with van der Waals surface area (Å²) in [4.78, 5) is 36.0. The minimum atomic E-state index is -4.40. The number of carbonyl (C=O) groups excluding carboxylic acids is 2. The van der Waals surface area contributed by atoms with Gasteiger partial charge in [0.15, 0.2) is 6.10 Å². The maximum Gasteiger partial charge on any atom is 0.472 e. The van der Waals surface area contributed by atoms with E-state index < -0.39 is 26.5 Å². The Balaban J connectivity index is 3.96. The summed E-state index contributed by atoms with van der Waals surface area (Å²) in [6.45, 7) is 4.26. The highest BCUT2D eigenvalue weighted by molar-refractivity contribution is 7.47. The number of phosphoric ester groups is 1. The highest BCUT2D eigenvalue weighted by atomic mass is 31.2. The molecule has 522 valence electrons. The molecule has 0 amide bonds. The van der Waals surface area contributed by atoms with E-state index in [1.165, 1.54) is 231 Å². The Kier molecular flexibility index (Phi) is 67.9. The lowest BCUT2D eigenvalue weighted by Gasteiger charge is -2.24. The quantitative estimate of drug-likeness (QED) is 0.0211. The largest absolute Gasteiger partial charge is 0.472 e. The van der Waals surface area contributed by atoms with E-state index in [9.17, 15) is 19.0 Å². The first kappa shape index (κ1) is 86.9. The molecular formula is C80H145NO8P+. The van der Waals surface area contributed by atoms with Crippen LogP contribution in [-0.2, 0) is 32.7 Å². The van der Waals surface area contributed by atoms with Crippen LogP contribution < -0.4 is 0 Å². The molecule has 0 aromatic heterocycles. The normalized spacial score (nSPS) is 13.6. The van der Waals surface area contributed by atoms with Gasteiger partial charge in [-0.1, -0.05) is 342 Å². The molecule has 0 fully saturated rings. The molecule has 2 unspecified atom stereocenters. The number of phosphoric acid groups is 1. The van der Waals surface area contributed by atoms with E-state index in [1.54, 1.807) is 0 Å². The lowest BCUT2D eigenvalue weighted by molar-refractivity contribution is -0.870. The van der Waals surface area contributed by atoms with Crippen LogP contribution >= 0.6 is 7.82 Å². The summed E-state index contributed by atoms with van der Waals surface area (Å²) < 4.78 is 34.8. The van der Waals surface area contributed by atoms with E-state index in [4.69, 9.17) is 18.5 Å². The second-order valence-corrected chi connectivity index (χ2v) is 28.1. The first-order valence-corrected chi connectivity index (χ1v) is 39.5. The van der Waals surface area contributed by atoms with Crippen molar-refractivity contribution in [3.8, 4) is 0 Å². The fourth-order valence-corrected chi connectivity index (χ4v) is 11.6. The Morgan fingerprint density at radius 1 is 0.344 bits per heavy atom. The Bertz CT molecular complexity index is 1840. The summed E-state index contributed by atoms with van der Waals surface area (Å²) in [5.41, 5.74) is 0. The van der Waals surface area contributed by atoms with Gasteiger partial charge < -0.3 is 18.9 Å². The van der Waals surface area contributed by atoms with Crippen molar-refractivity contribution in [2.45, 2.75) is 354 Å². The third-order valence-corrected chi connectivity index (χ3v) is 17.6. The van der Waals surface area contributed by atoms with Crippen LogP contribution in [0.2, 0.25) is 0 Å². The van der Waals surface area contributed by atoms with E-state index in [-0.39, 0.29) is 32.0 Å². The van der Waals surface area contributed by atoms with Gasteiger partial charge >= 0.3 is 19.8 Å². The van der Waals surface area contributed by atoms with Crippen LogP contribution in [0.1, 0.15) is 348 Å². The number of hydrogen-bond acceptors (Lipinski definition) is 7. The average Bonchev–Trinajstić information content (AvgIpc) is 3.61. The van der Waals surface area contributed by atoms with Crippen LogP contribution in [0.3, 0.4) is 0 Å². The zero-order chi connectivity index (χ0) is 65.5. The summed E-state index contributed by atoms with van der Waals surface area (Å²) in [6.07, 6.45) is 98.2. The van der Waals surface area contributed by atoms with Gasteiger partial charge in [-0.2, -0.15) is 0 Å². The first-order chi connectivity index (χ1) is 44.0. The molecule has 2 atom stereocenters. The van der Waals surface area contributed by atoms with E-state index in [1.807, 2.05) is 21.1 Å². The van der Waals surface area contributed by atoms with Crippen LogP contribution in [0.15, 0.2) is 97.2 Å². The van der Waals surface area contributed by atoms with Crippen LogP contribution in [0, 0.1) is 0 Å². The molecule has 9 nitrogen and oxygen atoms in total. The second kappa shape index (κ2) is 70.3. The number of unbranched alkanes of at least 4 members (excludes halogenated alkanes) is 40. The lowest BCUT2D eigenvalue weighted by Crippen LogP contribution is -2.37. The Labute approximate surface area is 557 Å². The van der Waals surface area contributed by atoms with Gasteiger partial charge in [0.1, 0.15) is 19.8 Å². The first-order valence-electron chi connectivity index (χ1n) is 38.0. The van der Waals surface area contributed by atoms with Gasteiger partial charge in [-0.25, -0.2) is 4.57 Å². The third-order valence-electron chi connectivity index (χ3n) is 16.6. The van der Waals surface area contributed by atoms with Gasteiger partial charge in [-0.15, -0.1) is 0 Å². The average molecular weight is 1280 g/mol.